The Morgan fingerprint density at radius 3 is 2.45 bits per heavy atom. The zero-order valence-electron chi connectivity index (χ0n) is 18.1. The summed E-state index contributed by atoms with van der Waals surface area (Å²) in [6, 6.07) is 23.4. The largest absolute Gasteiger partial charge is 0.385 e. The molecule has 0 aliphatic carbocycles. The number of aliphatic hydroxyl groups excluding tert-OH is 1. The number of hydrogen-bond acceptors (Lipinski definition) is 3. The molecule has 3 aromatic carbocycles. The van der Waals surface area contributed by atoms with Crippen molar-refractivity contribution >= 4 is 22.4 Å². The van der Waals surface area contributed by atoms with Gasteiger partial charge in [0.25, 0.3) is 5.84 Å². The monoisotopic (exact) mass is 416 g/mol. The summed E-state index contributed by atoms with van der Waals surface area (Å²) < 4.78 is 0. The highest BCUT2D eigenvalue weighted by atomic mass is 16.3. The summed E-state index contributed by atoms with van der Waals surface area (Å²) in [6.45, 7) is 5.48. The van der Waals surface area contributed by atoms with Crippen LogP contribution in [0.3, 0.4) is 0 Å². The van der Waals surface area contributed by atoms with E-state index in [1.165, 1.54) is 33.9 Å². The maximum Gasteiger partial charge on any atom is 0.274 e. The Morgan fingerprint density at radius 1 is 0.935 bits per heavy atom. The van der Waals surface area contributed by atoms with Gasteiger partial charge in [-0.1, -0.05) is 54.6 Å². The van der Waals surface area contributed by atoms with Gasteiger partial charge in [0, 0.05) is 6.42 Å². The number of β-amino-alcohol motifs (C(OH)–C–C–N with tert-alkyl or cyclic N) is 1. The van der Waals surface area contributed by atoms with Gasteiger partial charge in [-0.3, -0.25) is 20.6 Å². The van der Waals surface area contributed by atoms with Gasteiger partial charge < -0.3 is 5.11 Å². The van der Waals surface area contributed by atoms with Gasteiger partial charge in [0.05, 0.1) is 25.1 Å². The molecule has 0 radical (unpaired) electrons. The van der Waals surface area contributed by atoms with E-state index in [-0.39, 0.29) is 6.10 Å². The molecule has 0 fully saturated rings. The standard InChI is InChI=1S/C15H20N4O.C11H10/c20-13-9-18-14(19-10-13)8-11-2-4-12(5-3-11)15-16-6-1-7-17-15;1-9-5-4-7-10-6-2-3-8-11(9)10/h2-5,13,20H,1,6-10H2,(H,16,17)(H,18,19);2-8H,1H3/p+2. The molecule has 160 valence electrons. The lowest BCUT2D eigenvalue weighted by Gasteiger charge is -2.13. The van der Waals surface area contributed by atoms with Gasteiger partial charge in [-0.25, -0.2) is 0 Å². The topological polar surface area (TPSA) is 72.2 Å². The minimum absolute atomic E-state index is 0.291. The molecule has 2 aliphatic rings. The van der Waals surface area contributed by atoms with Crippen molar-refractivity contribution in [3.8, 4) is 0 Å². The fourth-order valence-corrected chi connectivity index (χ4v) is 3.90. The highest BCUT2D eigenvalue weighted by Crippen LogP contribution is 2.16. The number of benzene rings is 3. The average Bonchev–Trinajstić information content (AvgIpc) is 2.83. The third kappa shape index (κ3) is 5.70. The normalized spacial score (nSPS) is 18.1. The summed E-state index contributed by atoms with van der Waals surface area (Å²) >= 11 is 0. The Morgan fingerprint density at radius 2 is 1.74 bits per heavy atom. The summed E-state index contributed by atoms with van der Waals surface area (Å²) in [5.74, 6) is 2.22. The Kier molecular flexibility index (Phi) is 6.95. The van der Waals surface area contributed by atoms with Crippen LogP contribution in [-0.2, 0) is 6.42 Å². The molecule has 5 nitrogen and oxygen atoms in total. The number of rotatable bonds is 3. The lowest BCUT2D eigenvalue weighted by molar-refractivity contribution is -0.477. The van der Waals surface area contributed by atoms with E-state index in [0.29, 0.717) is 13.1 Å². The number of hydrogen-bond donors (Lipinski definition) is 5. The molecule has 0 saturated heterocycles. The molecule has 0 amide bonds. The van der Waals surface area contributed by atoms with E-state index in [9.17, 15) is 5.11 Å². The van der Waals surface area contributed by atoms with Gasteiger partial charge in [-0.15, -0.1) is 0 Å². The second-order valence-electron chi connectivity index (χ2n) is 8.15. The van der Waals surface area contributed by atoms with Gasteiger partial charge in [0.1, 0.15) is 19.2 Å². The summed E-state index contributed by atoms with van der Waals surface area (Å²) in [7, 11) is 0. The Balaban J connectivity index is 0.000000177. The van der Waals surface area contributed by atoms with Gasteiger partial charge >= 0.3 is 0 Å². The first-order valence-corrected chi connectivity index (χ1v) is 11.1. The van der Waals surface area contributed by atoms with Crippen LogP contribution in [0, 0.1) is 6.92 Å². The third-order valence-electron chi connectivity index (χ3n) is 5.69. The second-order valence-corrected chi connectivity index (χ2v) is 8.15. The van der Waals surface area contributed by atoms with Crippen LogP contribution in [0.2, 0.25) is 0 Å². The predicted molar refractivity (Wildman–Crippen MR) is 126 cm³/mol. The number of nitrogens with one attached hydrogen (secondary N) is 4. The van der Waals surface area contributed by atoms with E-state index in [1.807, 2.05) is 0 Å². The molecule has 0 spiro atoms. The van der Waals surface area contributed by atoms with Crippen LogP contribution in [0.15, 0.2) is 66.7 Å². The van der Waals surface area contributed by atoms with E-state index in [0.717, 1.165) is 31.2 Å². The van der Waals surface area contributed by atoms with Gasteiger partial charge in [0.2, 0.25) is 5.84 Å². The molecule has 2 heterocycles. The maximum absolute atomic E-state index is 9.42. The van der Waals surface area contributed by atoms with E-state index in [4.69, 9.17) is 0 Å². The van der Waals surface area contributed by atoms with Crippen LogP contribution in [0.25, 0.3) is 10.8 Å². The fourth-order valence-electron chi connectivity index (χ4n) is 3.90. The molecule has 0 aromatic heterocycles. The van der Waals surface area contributed by atoms with Crippen molar-refractivity contribution in [1.29, 1.82) is 0 Å². The van der Waals surface area contributed by atoms with E-state index in [2.05, 4.69) is 94.3 Å². The van der Waals surface area contributed by atoms with Crippen molar-refractivity contribution in [2.45, 2.75) is 25.9 Å². The number of aryl methyl sites for hydroxylation is 1. The zero-order chi connectivity index (χ0) is 21.5. The molecule has 5 N–H and O–H groups in total. The fraction of sp³-hybridized carbons (Fsp3) is 0.308. The van der Waals surface area contributed by atoms with Gasteiger partial charge in [0.15, 0.2) is 0 Å². The average molecular weight is 417 g/mol. The number of amidine groups is 2. The Labute approximate surface area is 183 Å². The predicted octanol–water partition coefficient (Wildman–Crippen LogP) is -0.359. The molecular formula is C26H32N4O+2. The third-order valence-corrected chi connectivity index (χ3v) is 5.69. The summed E-state index contributed by atoms with van der Waals surface area (Å²) in [5.41, 5.74) is 3.82. The molecule has 5 rings (SSSR count). The second kappa shape index (κ2) is 10.2. The van der Waals surface area contributed by atoms with Crippen molar-refractivity contribution in [2.75, 3.05) is 26.2 Å². The molecule has 2 aliphatic heterocycles. The van der Waals surface area contributed by atoms with Crippen LogP contribution in [-0.4, -0.2) is 49.1 Å². The minimum Gasteiger partial charge on any atom is -0.385 e. The lowest BCUT2D eigenvalue weighted by atomic mass is 10.1. The van der Waals surface area contributed by atoms with Crippen molar-refractivity contribution < 1.29 is 15.1 Å². The quantitative estimate of drug-likeness (QED) is 0.405. The highest BCUT2D eigenvalue weighted by molar-refractivity contribution is 5.94. The van der Waals surface area contributed by atoms with E-state index >= 15 is 0 Å². The number of aliphatic hydroxyl groups is 1. The molecule has 5 heteroatoms. The molecule has 31 heavy (non-hydrogen) atoms. The highest BCUT2D eigenvalue weighted by Gasteiger charge is 2.18. The van der Waals surface area contributed by atoms with Crippen LogP contribution in [0.5, 0.6) is 0 Å². The van der Waals surface area contributed by atoms with Crippen molar-refractivity contribution in [3.63, 3.8) is 0 Å². The van der Waals surface area contributed by atoms with E-state index in [1.54, 1.807) is 0 Å². The Bertz CT molecular complexity index is 1070. The molecule has 0 saturated carbocycles. The van der Waals surface area contributed by atoms with Gasteiger partial charge in [-0.05, 0) is 41.0 Å². The van der Waals surface area contributed by atoms with Crippen LogP contribution < -0.4 is 20.6 Å². The summed E-state index contributed by atoms with van der Waals surface area (Å²) in [6.07, 6.45) is 1.73. The maximum atomic E-state index is 9.42. The lowest BCUT2D eigenvalue weighted by Crippen LogP contribution is -2.83. The first-order valence-electron chi connectivity index (χ1n) is 11.1. The first kappa shape index (κ1) is 21.1. The summed E-state index contributed by atoms with van der Waals surface area (Å²) in [5, 5.41) is 18.7. The zero-order valence-corrected chi connectivity index (χ0v) is 18.1. The van der Waals surface area contributed by atoms with Crippen LogP contribution in [0.1, 0.15) is 23.1 Å². The van der Waals surface area contributed by atoms with Gasteiger partial charge in [-0.2, -0.15) is 0 Å². The van der Waals surface area contributed by atoms with Crippen LogP contribution in [0.4, 0.5) is 0 Å². The smallest absolute Gasteiger partial charge is 0.274 e. The van der Waals surface area contributed by atoms with Crippen molar-refractivity contribution in [3.05, 3.63) is 83.4 Å². The molecule has 0 bridgehead atoms. The molecule has 3 aromatic rings. The molecule has 1 atom stereocenters. The van der Waals surface area contributed by atoms with Crippen LogP contribution >= 0.6 is 0 Å². The SMILES string of the molecule is Cc1cccc2ccccc12.OC1CNC(Cc2ccc(C3=[NH+]CCCN3)cc2)=[NH+]C1. The van der Waals surface area contributed by atoms with E-state index < -0.39 is 0 Å². The van der Waals surface area contributed by atoms with Crippen molar-refractivity contribution in [1.82, 2.24) is 10.6 Å². The summed E-state index contributed by atoms with van der Waals surface area (Å²) in [4.78, 5) is 6.61. The van der Waals surface area contributed by atoms with Crippen molar-refractivity contribution in [2.24, 2.45) is 0 Å². The number of fused-ring (bicyclic) bond motifs is 1. The molecular weight excluding hydrogens is 384 g/mol. The first-order chi connectivity index (χ1) is 15.2. The Hall–Kier alpha value is -3.18. The molecule has 1 unspecified atom stereocenters. The minimum atomic E-state index is -0.291.